The van der Waals surface area contributed by atoms with Gasteiger partial charge < -0.3 is 5.32 Å². The molecule has 0 saturated carbocycles. The summed E-state index contributed by atoms with van der Waals surface area (Å²) >= 11 is 17.4. The van der Waals surface area contributed by atoms with Crippen molar-refractivity contribution in [2.75, 3.05) is 5.32 Å². The largest absolute Gasteiger partial charge is 0.329 e. The minimum atomic E-state index is -0.906. The van der Waals surface area contributed by atoms with Gasteiger partial charge in [0.15, 0.2) is 0 Å². The Morgan fingerprint density at radius 3 is 2.26 bits per heavy atom. The second kappa shape index (κ2) is 7.97. The Hall–Kier alpha value is -2.08. The molecular weight excluding hydrogens is 361 g/mol. The van der Waals surface area contributed by atoms with E-state index in [1.165, 1.54) is 6.21 Å². The van der Waals surface area contributed by atoms with Crippen LogP contribution in [0.15, 0.2) is 47.6 Å². The lowest BCUT2D eigenvalue weighted by Gasteiger charge is -2.03. The number of halogens is 3. The van der Waals surface area contributed by atoms with E-state index in [1.54, 1.807) is 42.5 Å². The zero-order valence-corrected chi connectivity index (χ0v) is 13.8. The molecule has 0 fully saturated rings. The van der Waals surface area contributed by atoms with Crippen LogP contribution in [-0.2, 0) is 9.59 Å². The van der Waals surface area contributed by atoms with E-state index in [9.17, 15) is 9.59 Å². The Balaban J connectivity index is 1.90. The van der Waals surface area contributed by atoms with Gasteiger partial charge in [-0.25, -0.2) is 5.43 Å². The van der Waals surface area contributed by atoms with Gasteiger partial charge in [-0.2, -0.15) is 5.10 Å². The third-order valence-corrected chi connectivity index (χ3v) is 3.62. The second-order valence-corrected chi connectivity index (χ2v) is 5.58. The summed E-state index contributed by atoms with van der Waals surface area (Å²) in [4.78, 5) is 23.3. The maximum atomic E-state index is 11.7. The van der Waals surface area contributed by atoms with Crippen molar-refractivity contribution < 1.29 is 9.59 Å². The zero-order valence-electron chi connectivity index (χ0n) is 11.5. The van der Waals surface area contributed by atoms with Gasteiger partial charge in [0.25, 0.3) is 0 Å². The number of anilines is 1. The molecule has 0 radical (unpaired) electrons. The molecule has 0 aliphatic rings. The fourth-order valence-corrected chi connectivity index (χ4v) is 1.96. The van der Waals surface area contributed by atoms with E-state index in [2.05, 4.69) is 15.8 Å². The average molecular weight is 371 g/mol. The van der Waals surface area contributed by atoms with Crippen molar-refractivity contribution in [3.63, 3.8) is 0 Å². The Morgan fingerprint density at radius 1 is 0.913 bits per heavy atom. The van der Waals surface area contributed by atoms with Crippen LogP contribution in [0.4, 0.5) is 5.69 Å². The van der Waals surface area contributed by atoms with E-state index in [4.69, 9.17) is 34.8 Å². The standard InChI is InChI=1S/C15H10Cl3N3O2/c16-10-2-4-11(5-3-10)20-14(22)15(23)21-19-8-9-1-6-12(17)13(18)7-9/h1-8H,(H,20,22)(H,21,23)/b19-8-. The van der Waals surface area contributed by atoms with Crippen LogP contribution in [0.5, 0.6) is 0 Å². The molecule has 118 valence electrons. The van der Waals surface area contributed by atoms with Gasteiger partial charge in [0.05, 0.1) is 16.3 Å². The molecule has 8 heteroatoms. The van der Waals surface area contributed by atoms with Crippen LogP contribution in [0, 0.1) is 0 Å². The van der Waals surface area contributed by atoms with Gasteiger partial charge in [-0.15, -0.1) is 0 Å². The Kier molecular flexibility index (Phi) is 5.98. The van der Waals surface area contributed by atoms with Crippen LogP contribution in [0.3, 0.4) is 0 Å². The highest BCUT2D eigenvalue weighted by Gasteiger charge is 2.12. The first kappa shape index (κ1) is 17.3. The van der Waals surface area contributed by atoms with Crippen molar-refractivity contribution in [3.8, 4) is 0 Å². The van der Waals surface area contributed by atoms with E-state index < -0.39 is 11.8 Å². The summed E-state index contributed by atoms with van der Waals surface area (Å²) in [6.45, 7) is 0. The smallest absolute Gasteiger partial charge is 0.318 e. The molecule has 5 nitrogen and oxygen atoms in total. The number of rotatable bonds is 3. The minimum Gasteiger partial charge on any atom is -0.318 e. The fourth-order valence-electron chi connectivity index (χ4n) is 1.53. The predicted octanol–water partition coefficient (Wildman–Crippen LogP) is 3.74. The normalized spacial score (nSPS) is 10.6. The monoisotopic (exact) mass is 369 g/mol. The molecule has 2 amide bonds. The maximum absolute atomic E-state index is 11.7. The van der Waals surface area contributed by atoms with Crippen LogP contribution >= 0.6 is 34.8 Å². The van der Waals surface area contributed by atoms with Gasteiger partial charge in [0.1, 0.15) is 0 Å². The number of carbonyl (C=O) groups is 2. The molecule has 0 spiro atoms. The minimum absolute atomic E-state index is 0.363. The van der Waals surface area contributed by atoms with Crippen molar-refractivity contribution in [2.45, 2.75) is 0 Å². The Labute approximate surface area is 147 Å². The van der Waals surface area contributed by atoms with Crippen LogP contribution in [0.25, 0.3) is 0 Å². The van der Waals surface area contributed by atoms with Crippen molar-refractivity contribution in [1.82, 2.24) is 5.43 Å². The molecule has 2 aromatic carbocycles. The van der Waals surface area contributed by atoms with Gasteiger partial charge >= 0.3 is 11.8 Å². The highest BCUT2D eigenvalue weighted by molar-refractivity contribution is 6.42. The predicted molar refractivity (Wildman–Crippen MR) is 92.3 cm³/mol. The van der Waals surface area contributed by atoms with Gasteiger partial charge in [0.2, 0.25) is 0 Å². The molecule has 0 atom stereocenters. The number of hydrazone groups is 1. The van der Waals surface area contributed by atoms with E-state index in [1.807, 2.05) is 0 Å². The van der Waals surface area contributed by atoms with Gasteiger partial charge in [-0.1, -0.05) is 40.9 Å². The molecule has 2 rings (SSSR count). The maximum Gasteiger partial charge on any atom is 0.329 e. The summed E-state index contributed by atoms with van der Waals surface area (Å²) in [6, 6.07) is 11.2. The topological polar surface area (TPSA) is 70.6 Å². The third-order valence-electron chi connectivity index (χ3n) is 2.63. The number of amides is 2. The number of nitrogens with one attached hydrogen (secondary N) is 2. The Morgan fingerprint density at radius 2 is 1.61 bits per heavy atom. The highest BCUT2D eigenvalue weighted by atomic mass is 35.5. The van der Waals surface area contributed by atoms with E-state index in [-0.39, 0.29) is 0 Å². The zero-order chi connectivity index (χ0) is 16.8. The number of carbonyl (C=O) groups excluding carboxylic acids is 2. The molecule has 2 N–H and O–H groups in total. The van der Waals surface area contributed by atoms with E-state index in [0.29, 0.717) is 26.3 Å². The van der Waals surface area contributed by atoms with Gasteiger partial charge in [0, 0.05) is 10.7 Å². The van der Waals surface area contributed by atoms with Crippen molar-refractivity contribution >= 4 is 58.5 Å². The van der Waals surface area contributed by atoms with Crippen LogP contribution in [0.2, 0.25) is 15.1 Å². The summed E-state index contributed by atoms with van der Waals surface area (Å²) in [5.74, 6) is -1.75. The lowest BCUT2D eigenvalue weighted by molar-refractivity contribution is -0.136. The molecule has 0 aromatic heterocycles. The van der Waals surface area contributed by atoms with Crippen molar-refractivity contribution in [1.29, 1.82) is 0 Å². The van der Waals surface area contributed by atoms with Gasteiger partial charge in [-0.05, 0) is 42.0 Å². The van der Waals surface area contributed by atoms with Gasteiger partial charge in [-0.3, -0.25) is 9.59 Å². The molecule has 0 bridgehead atoms. The lowest BCUT2D eigenvalue weighted by atomic mass is 10.2. The van der Waals surface area contributed by atoms with Crippen LogP contribution < -0.4 is 10.7 Å². The molecule has 0 aliphatic heterocycles. The van der Waals surface area contributed by atoms with Crippen LogP contribution in [-0.4, -0.2) is 18.0 Å². The summed E-state index contributed by atoms with van der Waals surface area (Å²) in [5, 5.41) is 7.40. The van der Waals surface area contributed by atoms with E-state index in [0.717, 1.165) is 0 Å². The molecular formula is C15H10Cl3N3O2. The molecule has 2 aromatic rings. The first-order valence-electron chi connectivity index (χ1n) is 6.31. The molecule has 0 aliphatic carbocycles. The lowest BCUT2D eigenvalue weighted by Crippen LogP contribution is -2.32. The first-order chi connectivity index (χ1) is 11.0. The summed E-state index contributed by atoms with van der Waals surface area (Å²) < 4.78 is 0. The quantitative estimate of drug-likeness (QED) is 0.491. The molecule has 0 unspecified atom stereocenters. The Bertz CT molecular complexity index is 761. The second-order valence-electron chi connectivity index (χ2n) is 4.33. The number of hydrogen-bond donors (Lipinski definition) is 2. The van der Waals surface area contributed by atoms with Crippen LogP contribution in [0.1, 0.15) is 5.56 Å². The highest BCUT2D eigenvalue weighted by Crippen LogP contribution is 2.21. The number of benzene rings is 2. The summed E-state index contributed by atoms with van der Waals surface area (Å²) in [7, 11) is 0. The fraction of sp³-hybridized carbons (Fsp3) is 0. The summed E-state index contributed by atoms with van der Waals surface area (Å²) in [6.07, 6.45) is 1.34. The molecule has 0 heterocycles. The molecule has 23 heavy (non-hydrogen) atoms. The number of nitrogens with zero attached hydrogens (tertiary/aromatic N) is 1. The SMILES string of the molecule is O=C(N/N=C\c1ccc(Cl)c(Cl)c1)C(=O)Nc1ccc(Cl)cc1. The third kappa shape index (κ3) is 5.25. The summed E-state index contributed by atoms with van der Waals surface area (Å²) in [5.41, 5.74) is 3.18. The molecule has 0 saturated heterocycles. The van der Waals surface area contributed by atoms with E-state index >= 15 is 0 Å². The first-order valence-corrected chi connectivity index (χ1v) is 7.44. The van der Waals surface area contributed by atoms with Crippen molar-refractivity contribution in [2.24, 2.45) is 5.10 Å². The number of hydrogen-bond acceptors (Lipinski definition) is 3. The average Bonchev–Trinajstić information content (AvgIpc) is 2.53. The van der Waals surface area contributed by atoms with Crippen molar-refractivity contribution in [3.05, 3.63) is 63.1 Å².